The van der Waals surface area contributed by atoms with Gasteiger partial charge in [-0.25, -0.2) is 4.79 Å². The smallest absolute Gasteiger partial charge is 0.316 e. The number of carbonyl (C=O) groups is 1. The van der Waals surface area contributed by atoms with Gasteiger partial charge in [0.15, 0.2) is 0 Å². The number of benzene rings is 2. The first-order chi connectivity index (χ1) is 13.6. The minimum absolute atomic E-state index is 0.220. The lowest BCUT2D eigenvalue weighted by Crippen LogP contribution is -2.35. The minimum atomic E-state index is -0.634. The summed E-state index contributed by atoms with van der Waals surface area (Å²) in [4.78, 5) is 11.3. The van der Waals surface area contributed by atoms with Gasteiger partial charge in [0.2, 0.25) is 0 Å². The highest BCUT2D eigenvalue weighted by Crippen LogP contribution is 2.38. The molecule has 1 saturated heterocycles. The molecule has 1 aliphatic heterocycles. The second kappa shape index (κ2) is 9.27. The second-order valence-corrected chi connectivity index (χ2v) is 6.50. The van der Waals surface area contributed by atoms with Crippen molar-refractivity contribution in [1.82, 2.24) is 0 Å². The van der Waals surface area contributed by atoms with Crippen LogP contribution in [0.3, 0.4) is 0 Å². The van der Waals surface area contributed by atoms with E-state index < -0.39 is 11.6 Å². The van der Waals surface area contributed by atoms with Gasteiger partial charge in [0.05, 0.1) is 5.60 Å². The van der Waals surface area contributed by atoms with Gasteiger partial charge in [0, 0.05) is 50.5 Å². The molecule has 6 heteroatoms. The zero-order chi connectivity index (χ0) is 19.8. The van der Waals surface area contributed by atoms with Gasteiger partial charge in [0.1, 0.15) is 12.4 Å². The third kappa shape index (κ3) is 5.03. The highest BCUT2D eigenvalue weighted by Gasteiger charge is 2.35. The van der Waals surface area contributed by atoms with Crippen molar-refractivity contribution in [3.63, 3.8) is 0 Å². The van der Waals surface area contributed by atoms with E-state index in [4.69, 9.17) is 19.9 Å². The fraction of sp³-hybridized carbons (Fsp3) is 0.318. The van der Waals surface area contributed by atoms with Gasteiger partial charge in [-0.3, -0.25) is 0 Å². The molecule has 1 aliphatic rings. The van der Waals surface area contributed by atoms with Crippen molar-refractivity contribution in [2.45, 2.75) is 18.4 Å². The van der Waals surface area contributed by atoms with Crippen LogP contribution < -0.4 is 15.8 Å². The molecule has 146 valence electrons. The molecule has 2 aromatic carbocycles. The summed E-state index contributed by atoms with van der Waals surface area (Å²) in [5, 5.41) is 2.62. The van der Waals surface area contributed by atoms with Crippen LogP contribution in [0.2, 0.25) is 0 Å². The largest absolute Gasteiger partial charge is 0.481 e. The van der Waals surface area contributed by atoms with E-state index in [9.17, 15) is 4.79 Å². The van der Waals surface area contributed by atoms with E-state index >= 15 is 0 Å². The number of carbonyl (C=O) groups excluding carboxylic acids is 1. The monoisotopic (exact) mass is 380 g/mol. The molecule has 2 aromatic rings. The predicted molar refractivity (Wildman–Crippen MR) is 107 cm³/mol. The second-order valence-electron chi connectivity index (χ2n) is 6.50. The summed E-state index contributed by atoms with van der Waals surface area (Å²) in [6, 6.07) is 14.6. The van der Waals surface area contributed by atoms with Crippen molar-refractivity contribution in [3.05, 3.63) is 59.7 Å². The first kappa shape index (κ1) is 19.7. The van der Waals surface area contributed by atoms with E-state index in [1.165, 1.54) is 0 Å². The van der Waals surface area contributed by atoms with Crippen molar-refractivity contribution in [1.29, 1.82) is 0 Å². The molecule has 0 saturated carbocycles. The van der Waals surface area contributed by atoms with E-state index in [0.29, 0.717) is 24.7 Å². The van der Waals surface area contributed by atoms with Crippen LogP contribution in [-0.4, -0.2) is 33.0 Å². The van der Waals surface area contributed by atoms with Crippen molar-refractivity contribution in [3.8, 4) is 17.6 Å². The first-order valence-electron chi connectivity index (χ1n) is 9.13. The maximum Gasteiger partial charge on any atom is 0.316 e. The SMILES string of the molecule is COC1(c2cc(NC(N)=O)cc(OCC#Cc3ccccc3)c2)CCOCC1. The van der Waals surface area contributed by atoms with E-state index in [1.807, 2.05) is 42.5 Å². The Morgan fingerprint density at radius 3 is 2.64 bits per heavy atom. The summed E-state index contributed by atoms with van der Waals surface area (Å²) in [5.41, 5.74) is 7.20. The Kier molecular flexibility index (Phi) is 6.53. The first-order valence-corrected chi connectivity index (χ1v) is 9.13. The molecular formula is C22H24N2O4. The summed E-state index contributed by atoms with van der Waals surface area (Å²) in [5.74, 6) is 6.64. The standard InChI is InChI=1S/C22H24N2O4/c1-26-22(9-12-27-13-10-22)18-14-19(24-21(23)25)16-20(15-18)28-11-5-8-17-6-3-2-4-7-17/h2-4,6-7,14-16H,9-13H2,1H3,(H3,23,24,25). The number of hydrogen-bond donors (Lipinski definition) is 2. The third-order valence-electron chi connectivity index (χ3n) is 4.71. The van der Waals surface area contributed by atoms with E-state index in [1.54, 1.807) is 13.2 Å². The number of rotatable bonds is 5. The zero-order valence-corrected chi connectivity index (χ0v) is 15.9. The number of amides is 2. The molecule has 3 rings (SSSR count). The van der Waals surface area contributed by atoms with Crippen molar-refractivity contribution >= 4 is 11.7 Å². The Balaban J connectivity index is 1.81. The van der Waals surface area contributed by atoms with Gasteiger partial charge in [-0.05, 0) is 29.8 Å². The van der Waals surface area contributed by atoms with Gasteiger partial charge in [-0.15, -0.1) is 0 Å². The number of nitrogens with two attached hydrogens (primary N) is 1. The molecule has 1 fully saturated rings. The summed E-state index contributed by atoms with van der Waals surface area (Å²) >= 11 is 0. The van der Waals surface area contributed by atoms with Crippen LogP contribution >= 0.6 is 0 Å². The highest BCUT2D eigenvalue weighted by atomic mass is 16.5. The molecule has 2 amide bonds. The fourth-order valence-corrected chi connectivity index (χ4v) is 3.25. The summed E-state index contributed by atoms with van der Waals surface area (Å²) in [7, 11) is 1.69. The molecule has 0 bridgehead atoms. The Labute approximate surface area is 165 Å². The van der Waals surface area contributed by atoms with Crippen LogP contribution in [-0.2, 0) is 15.1 Å². The number of hydrogen-bond acceptors (Lipinski definition) is 4. The molecule has 0 spiro atoms. The van der Waals surface area contributed by atoms with Crippen LogP contribution in [0.25, 0.3) is 0 Å². The number of primary amides is 1. The lowest BCUT2D eigenvalue weighted by molar-refractivity contribution is -0.0948. The maximum atomic E-state index is 11.3. The molecular weight excluding hydrogens is 356 g/mol. The number of anilines is 1. The third-order valence-corrected chi connectivity index (χ3v) is 4.71. The van der Waals surface area contributed by atoms with Gasteiger partial charge in [-0.2, -0.15) is 0 Å². The Morgan fingerprint density at radius 2 is 1.96 bits per heavy atom. The van der Waals surface area contributed by atoms with Crippen LogP contribution in [0, 0.1) is 11.8 Å². The molecule has 0 aliphatic carbocycles. The Hall–Kier alpha value is -3.01. The molecule has 3 N–H and O–H groups in total. The lowest BCUT2D eigenvalue weighted by atomic mass is 9.85. The quantitative estimate of drug-likeness (QED) is 0.780. The summed E-state index contributed by atoms with van der Waals surface area (Å²) in [6.07, 6.45) is 1.44. The van der Waals surface area contributed by atoms with Gasteiger partial charge < -0.3 is 25.3 Å². The predicted octanol–water partition coefficient (Wildman–Crippen LogP) is 3.26. The van der Waals surface area contributed by atoms with Crippen LogP contribution in [0.5, 0.6) is 5.75 Å². The number of nitrogens with one attached hydrogen (secondary N) is 1. The fourth-order valence-electron chi connectivity index (χ4n) is 3.25. The van der Waals surface area contributed by atoms with Gasteiger partial charge in [0.25, 0.3) is 0 Å². The molecule has 0 radical (unpaired) electrons. The maximum absolute atomic E-state index is 11.3. The van der Waals surface area contributed by atoms with E-state index in [2.05, 4.69) is 17.2 Å². The van der Waals surface area contributed by atoms with Crippen LogP contribution in [0.15, 0.2) is 48.5 Å². The number of methoxy groups -OCH3 is 1. The molecule has 28 heavy (non-hydrogen) atoms. The summed E-state index contributed by atoms with van der Waals surface area (Å²) < 4.78 is 17.1. The van der Waals surface area contributed by atoms with Crippen molar-refractivity contribution in [2.75, 3.05) is 32.2 Å². The normalized spacial score (nSPS) is 15.2. The average Bonchev–Trinajstić information content (AvgIpc) is 2.72. The van der Waals surface area contributed by atoms with Gasteiger partial charge in [-0.1, -0.05) is 30.0 Å². The minimum Gasteiger partial charge on any atom is -0.481 e. The lowest BCUT2D eigenvalue weighted by Gasteiger charge is -2.36. The Morgan fingerprint density at radius 1 is 1.21 bits per heavy atom. The Bertz CT molecular complexity index is 865. The van der Waals surface area contributed by atoms with Crippen LogP contribution in [0.4, 0.5) is 10.5 Å². The van der Waals surface area contributed by atoms with Crippen molar-refractivity contribution < 1.29 is 19.0 Å². The number of ether oxygens (including phenoxy) is 3. The van der Waals surface area contributed by atoms with Crippen LogP contribution in [0.1, 0.15) is 24.0 Å². The molecule has 0 atom stereocenters. The highest BCUT2D eigenvalue weighted by molar-refractivity contribution is 5.88. The molecule has 6 nitrogen and oxygen atoms in total. The van der Waals surface area contributed by atoms with Gasteiger partial charge >= 0.3 is 6.03 Å². The van der Waals surface area contributed by atoms with Crippen molar-refractivity contribution in [2.24, 2.45) is 5.73 Å². The topological polar surface area (TPSA) is 82.8 Å². The summed E-state index contributed by atoms with van der Waals surface area (Å²) in [6.45, 7) is 1.44. The average molecular weight is 380 g/mol. The molecule has 0 aromatic heterocycles. The number of urea groups is 1. The van der Waals surface area contributed by atoms with E-state index in [0.717, 1.165) is 24.0 Å². The molecule has 0 unspecified atom stereocenters. The van der Waals surface area contributed by atoms with E-state index in [-0.39, 0.29) is 6.61 Å². The zero-order valence-electron chi connectivity index (χ0n) is 15.9. The molecule has 1 heterocycles.